The van der Waals surface area contributed by atoms with Crippen LogP contribution in [0.2, 0.25) is 0 Å². The van der Waals surface area contributed by atoms with Crippen molar-refractivity contribution in [3.8, 4) is 0 Å². The maximum Gasteiger partial charge on any atom is 0.472 e. The van der Waals surface area contributed by atoms with E-state index in [0.717, 1.165) is 115 Å². The van der Waals surface area contributed by atoms with E-state index in [1.165, 1.54) is 244 Å². The van der Waals surface area contributed by atoms with Crippen LogP contribution in [0.1, 0.15) is 440 Å². The molecule has 0 aliphatic carbocycles. The van der Waals surface area contributed by atoms with Crippen molar-refractivity contribution in [3.63, 3.8) is 0 Å². The Morgan fingerprint density at radius 2 is 0.471 bits per heavy atom. The molecular formula is C83H162O17P2. The molecule has 0 spiro atoms. The number of phosphoric acid groups is 2. The molecule has 0 radical (unpaired) electrons. The van der Waals surface area contributed by atoms with Gasteiger partial charge in [0.05, 0.1) is 26.4 Å². The first-order valence-corrected chi connectivity index (χ1v) is 46.1. The molecule has 4 unspecified atom stereocenters. The van der Waals surface area contributed by atoms with Gasteiger partial charge in [0.15, 0.2) is 12.2 Å². The molecule has 0 fully saturated rings. The minimum Gasteiger partial charge on any atom is -0.462 e. The van der Waals surface area contributed by atoms with E-state index < -0.39 is 97.5 Å². The minimum absolute atomic E-state index is 0.108. The Morgan fingerprint density at radius 3 is 0.696 bits per heavy atom. The van der Waals surface area contributed by atoms with Crippen molar-refractivity contribution in [2.45, 2.75) is 458 Å². The number of phosphoric ester groups is 2. The van der Waals surface area contributed by atoms with Crippen LogP contribution in [0.4, 0.5) is 0 Å². The van der Waals surface area contributed by atoms with E-state index in [4.69, 9.17) is 37.0 Å². The Morgan fingerprint density at radius 1 is 0.275 bits per heavy atom. The van der Waals surface area contributed by atoms with E-state index in [0.29, 0.717) is 25.7 Å². The number of rotatable bonds is 82. The van der Waals surface area contributed by atoms with E-state index in [9.17, 15) is 43.2 Å². The second-order valence-electron chi connectivity index (χ2n) is 30.4. The van der Waals surface area contributed by atoms with Gasteiger partial charge in [-0.25, -0.2) is 9.13 Å². The highest BCUT2D eigenvalue weighted by molar-refractivity contribution is 7.47. The standard InChI is InChI=1S/C83H162O17P2/c1-7-11-13-15-17-18-19-20-25-33-38-43-49-55-61-67-82(87)99-78(71-93-80(85)65-59-53-45-16-14-12-8-2)73-97-101(89,90)95-69-77(84)70-96-102(91,92)98-74-79(72-94-81(86)66-60-54-48-42-37-32-29-28-31-36-41-47-52-58-64-76(6)10-4)100-83(88)68-62-56-50-44-39-34-27-24-22-21-23-26-30-35-40-46-51-57-63-75(5)9-3/h75-79,84H,7-74H2,1-6H3,(H,89,90)(H,91,92)/t75?,76?,77-,78+,79+/m0/s1. The third-order valence-corrected chi connectivity index (χ3v) is 22.1. The molecule has 0 aliphatic rings. The number of unbranched alkanes of at least 4 members (excludes halogenated alkanes) is 50. The lowest BCUT2D eigenvalue weighted by Crippen LogP contribution is -2.30. The van der Waals surface area contributed by atoms with E-state index in [1.54, 1.807) is 0 Å². The molecular weight excluding hydrogens is 1330 g/mol. The van der Waals surface area contributed by atoms with Crippen LogP contribution in [0.3, 0.4) is 0 Å². The Labute approximate surface area is 626 Å². The maximum atomic E-state index is 13.1. The summed E-state index contributed by atoms with van der Waals surface area (Å²) in [5.74, 6) is -0.389. The van der Waals surface area contributed by atoms with E-state index in [-0.39, 0.29) is 25.7 Å². The summed E-state index contributed by atoms with van der Waals surface area (Å²) in [5, 5.41) is 10.6. The Bertz CT molecular complexity index is 1960. The number of hydrogen-bond acceptors (Lipinski definition) is 15. The minimum atomic E-state index is -4.96. The van der Waals surface area contributed by atoms with Gasteiger partial charge >= 0.3 is 39.5 Å². The molecule has 102 heavy (non-hydrogen) atoms. The predicted molar refractivity (Wildman–Crippen MR) is 418 cm³/mol. The van der Waals surface area contributed by atoms with Gasteiger partial charge in [0.1, 0.15) is 19.3 Å². The van der Waals surface area contributed by atoms with Crippen molar-refractivity contribution in [3.05, 3.63) is 0 Å². The van der Waals surface area contributed by atoms with Gasteiger partial charge in [-0.1, -0.05) is 388 Å². The van der Waals surface area contributed by atoms with Gasteiger partial charge in [0.25, 0.3) is 0 Å². The monoisotopic (exact) mass is 1490 g/mol. The zero-order valence-electron chi connectivity index (χ0n) is 66.9. The highest BCUT2D eigenvalue weighted by Gasteiger charge is 2.30. The lowest BCUT2D eigenvalue weighted by Gasteiger charge is -2.21. The molecule has 19 heteroatoms. The van der Waals surface area contributed by atoms with Gasteiger partial charge in [-0.15, -0.1) is 0 Å². The quantitative estimate of drug-likeness (QED) is 0.0222. The van der Waals surface area contributed by atoms with E-state index >= 15 is 0 Å². The Hall–Kier alpha value is -1.94. The van der Waals surface area contributed by atoms with Gasteiger partial charge in [0.2, 0.25) is 0 Å². The fourth-order valence-corrected chi connectivity index (χ4v) is 14.4. The maximum absolute atomic E-state index is 13.1. The summed E-state index contributed by atoms with van der Waals surface area (Å²) in [4.78, 5) is 72.9. The topological polar surface area (TPSA) is 237 Å². The lowest BCUT2D eigenvalue weighted by molar-refractivity contribution is -0.161. The first kappa shape index (κ1) is 100. The average molecular weight is 1490 g/mol. The van der Waals surface area contributed by atoms with Crippen LogP contribution in [-0.2, 0) is 65.4 Å². The van der Waals surface area contributed by atoms with Crippen molar-refractivity contribution in [2.24, 2.45) is 11.8 Å². The number of carbonyl (C=O) groups is 4. The molecule has 0 bridgehead atoms. The molecule has 17 nitrogen and oxygen atoms in total. The van der Waals surface area contributed by atoms with Crippen molar-refractivity contribution in [1.82, 2.24) is 0 Å². The van der Waals surface area contributed by atoms with Gasteiger partial charge in [-0.3, -0.25) is 37.3 Å². The van der Waals surface area contributed by atoms with Crippen LogP contribution in [-0.4, -0.2) is 96.7 Å². The SMILES string of the molecule is CCCCCCCCCCCCCCCCCC(=O)O[C@H](COC(=O)CCCCCCCCC)COP(=O)(O)OC[C@H](O)COP(=O)(O)OC[C@@H](COC(=O)CCCCCCCCCCCCCCCCC(C)CC)OC(=O)CCCCCCCCCCCCCCCCCCCCC(C)CC. The molecule has 0 aliphatic heterocycles. The molecule has 0 saturated carbocycles. The Balaban J connectivity index is 5.17. The summed E-state index contributed by atoms with van der Waals surface area (Å²) in [5.41, 5.74) is 0. The third kappa shape index (κ3) is 73.6. The molecule has 3 N–H and O–H groups in total. The zero-order valence-corrected chi connectivity index (χ0v) is 68.7. The van der Waals surface area contributed by atoms with Crippen LogP contribution in [0.15, 0.2) is 0 Å². The summed E-state index contributed by atoms with van der Waals surface area (Å²) < 4.78 is 68.7. The number of aliphatic hydroxyl groups is 1. The summed E-state index contributed by atoms with van der Waals surface area (Å²) in [6.45, 7) is 9.73. The highest BCUT2D eigenvalue weighted by atomic mass is 31.2. The van der Waals surface area contributed by atoms with Gasteiger partial charge in [-0.05, 0) is 37.5 Å². The van der Waals surface area contributed by atoms with Crippen LogP contribution in [0.5, 0.6) is 0 Å². The lowest BCUT2D eigenvalue weighted by atomic mass is 9.99. The largest absolute Gasteiger partial charge is 0.472 e. The fourth-order valence-electron chi connectivity index (χ4n) is 12.8. The number of ether oxygens (including phenoxy) is 4. The van der Waals surface area contributed by atoms with Gasteiger partial charge in [-0.2, -0.15) is 0 Å². The van der Waals surface area contributed by atoms with Crippen LogP contribution in [0, 0.1) is 11.8 Å². The van der Waals surface area contributed by atoms with Crippen LogP contribution in [0.25, 0.3) is 0 Å². The predicted octanol–water partition coefficient (Wildman–Crippen LogP) is 25.1. The number of esters is 4. The molecule has 0 saturated heterocycles. The fraction of sp³-hybridized carbons (Fsp3) is 0.952. The molecule has 7 atom stereocenters. The highest BCUT2D eigenvalue weighted by Crippen LogP contribution is 2.45. The summed E-state index contributed by atoms with van der Waals surface area (Å²) in [6.07, 6.45) is 65.3. The van der Waals surface area contributed by atoms with Gasteiger partial charge < -0.3 is 33.8 Å². The van der Waals surface area contributed by atoms with Crippen molar-refractivity contribution in [2.75, 3.05) is 39.6 Å². The second-order valence-corrected chi connectivity index (χ2v) is 33.3. The Kier molecular flexibility index (Phi) is 73.1. The van der Waals surface area contributed by atoms with Crippen molar-refractivity contribution in [1.29, 1.82) is 0 Å². The molecule has 0 aromatic rings. The molecule has 0 aromatic heterocycles. The molecule has 0 amide bonds. The molecule has 0 aromatic carbocycles. The number of carbonyl (C=O) groups excluding carboxylic acids is 4. The summed E-state index contributed by atoms with van der Waals surface area (Å²) >= 11 is 0. The first-order valence-electron chi connectivity index (χ1n) is 43.1. The normalized spacial score (nSPS) is 14.4. The third-order valence-electron chi connectivity index (χ3n) is 20.2. The first-order chi connectivity index (χ1) is 49.4. The zero-order chi connectivity index (χ0) is 74.9. The van der Waals surface area contributed by atoms with Crippen molar-refractivity contribution < 1.29 is 80.2 Å². The summed E-state index contributed by atoms with van der Waals surface area (Å²) in [6, 6.07) is 0. The van der Waals surface area contributed by atoms with Crippen LogP contribution >= 0.6 is 15.6 Å². The number of aliphatic hydroxyl groups excluding tert-OH is 1. The average Bonchev–Trinajstić information content (AvgIpc) is 1.03. The van der Waals surface area contributed by atoms with E-state index in [2.05, 4.69) is 41.5 Å². The van der Waals surface area contributed by atoms with Crippen LogP contribution < -0.4 is 0 Å². The second kappa shape index (κ2) is 74.5. The molecule has 0 heterocycles. The smallest absolute Gasteiger partial charge is 0.462 e. The van der Waals surface area contributed by atoms with Crippen molar-refractivity contribution >= 4 is 39.5 Å². The number of hydrogen-bond donors (Lipinski definition) is 3. The molecule has 0 rings (SSSR count). The van der Waals surface area contributed by atoms with E-state index in [1.807, 2.05) is 0 Å². The molecule has 606 valence electrons. The van der Waals surface area contributed by atoms with Gasteiger partial charge in [0, 0.05) is 25.7 Å². The summed E-state index contributed by atoms with van der Waals surface area (Å²) in [7, 11) is -9.92.